The fraction of sp³-hybridized carbons (Fsp3) is 0.200. The van der Waals surface area contributed by atoms with Crippen LogP contribution in [0.4, 0.5) is 0 Å². The standard InChI is InChI=1S/C15H15NO3/c1-3-13(17)12-9-8-11(10-16-12)19-15-7-5-4-6-14(15)18-2/h4-10H,3H2,1-2H3. The Morgan fingerprint density at radius 2 is 1.89 bits per heavy atom. The van der Waals surface area contributed by atoms with Gasteiger partial charge in [0.2, 0.25) is 0 Å². The van der Waals surface area contributed by atoms with Gasteiger partial charge in [-0.15, -0.1) is 0 Å². The lowest BCUT2D eigenvalue weighted by Gasteiger charge is -2.09. The van der Waals surface area contributed by atoms with Crippen LogP contribution in [0.25, 0.3) is 0 Å². The molecule has 0 fully saturated rings. The predicted molar refractivity (Wildman–Crippen MR) is 71.9 cm³/mol. The molecule has 0 N–H and O–H groups in total. The molecule has 1 heterocycles. The fourth-order valence-electron chi connectivity index (χ4n) is 1.62. The molecule has 0 unspecified atom stereocenters. The highest BCUT2D eigenvalue weighted by atomic mass is 16.5. The van der Waals surface area contributed by atoms with Crippen molar-refractivity contribution < 1.29 is 14.3 Å². The Morgan fingerprint density at radius 3 is 2.47 bits per heavy atom. The van der Waals surface area contributed by atoms with E-state index in [9.17, 15) is 4.79 Å². The SMILES string of the molecule is CCC(=O)c1ccc(Oc2ccccc2OC)cn1. The second-order valence-electron chi connectivity index (χ2n) is 3.91. The Morgan fingerprint density at radius 1 is 1.16 bits per heavy atom. The van der Waals surface area contributed by atoms with Crippen LogP contribution in [0.3, 0.4) is 0 Å². The molecule has 0 radical (unpaired) electrons. The van der Waals surface area contributed by atoms with Gasteiger partial charge in [-0.25, -0.2) is 4.98 Å². The molecule has 0 saturated carbocycles. The number of aromatic nitrogens is 1. The van der Waals surface area contributed by atoms with Gasteiger partial charge in [0.1, 0.15) is 11.4 Å². The zero-order valence-electron chi connectivity index (χ0n) is 10.9. The molecule has 2 rings (SSSR count). The van der Waals surface area contributed by atoms with Crippen LogP contribution in [0.15, 0.2) is 42.6 Å². The minimum absolute atomic E-state index is 0.0174. The van der Waals surface area contributed by atoms with Crippen LogP contribution < -0.4 is 9.47 Å². The van der Waals surface area contributed by atoms with E-state index in [-0.39, 0.29) is 5.78 Å². The zero-order valence-corrected chi connectivity index (χ0v) is 10.9. The Bertz CT molecular complexity index is 564. The van der Waals surface area contributed by atoms with Gasteiger partial charge in [-0.1, -0.05) is 19.1 Å². The van der Waals surface area contributed by atoms with Gasteiger partial charge in [-0.2, -0.15) is 0 Å². The maximum atomic E-state index is 11.5. The highest BCUT2D eigenvalue weighted by Gasteiger charge is 2.07. The maximum absolute atomic E-state index is 11.5. The van der Waals surface area contributed by atoms with Crippen molar-refractivity contribution in [2.45, 2.75) is 13.3 Å². The lowest BCUT2D eigenvalue weighted by atomic mass is 10.2. The summed E-state index contributed by atoms with van der Waals surface area (Å²) in [5.41, 5.74) is 0.454. The quantitative estimate of drug-likeness (QED) is 0.769. The number of para-hydroxylation sites is 2. The summed E-state index contributed by atoms with van der Waals surface area (Å²) in [5, 5.41) is 0. The molecule has 0 saturated heterocycles. The smallest absolute Gasteiger partial charge is 0.180 e. The Labute approximate surface area is 112 Å². The third-order valence-electron chi connectivity index (χ3n) is 2.64. The van der Waals surface area contributed by atoms with Gasteiger partial charge >= 0.3 is 0 Å². The number of carbonyl (C=O) groups excluding carboxylic acids is 1. The normalized spacial score (nSPS) is 10.0. The first-order valence-electron chi connectivity index (χ1n) is 6.04. The largest absolute Gasteiger partial charge is 0.493 e. The van der Waals surface area contributed by atoms with Crippen LogP contribution in [0.5, 0.6) is 17.2 Å². The van der Waals surface area contributed by atoms with Gasteiger partial charge in [0.15, 0.2) is 17.3 Å². The summed E-state index contributed by atoms with van der Waals surface area (Å²) >= 11 is 0. The Kier molecular flexibility index (Phi) is 4.13. The highest BCUT2D eigenvalue weighted by molar-refractivity contribution is 5.93. The maximum Gasteiger partial charge on any atom is 0.180 e. The summed E-state index contributed by atoms with van der Waals surface area (Å²) < 4.78 is 10.9. The topological polar surface area (TPSA) is 48.4 Å². The van der Waals surface area contributed by atoms with Gasteiger partial charge in [0, 0.05) is 6.42 Å². The van der Waals surface area contributed by atoms with E-state index in [0.29, 0.717) is 29.4 Å². The average Bonchev–Trinajstić information content (AvgIpc) is 2.48. The first-order valence-corrected chi connectivity index (χ1v) is 6.04. The van der Waals surface area contributed by atoms with E-state index in [1.807, 2.05) is 31.2 Å². The molecule has 4 nitrogen and oxygen atoms in total. The molecule has 0 aliphatic carbocycles. The van der Waals surface area contributed by atoms with Crippen LogP contribution in [0.1, 0.15) is 23.8 Å². The monoisotopic (exact) mass is 257 g/mol. The van der Waals surface area contributed by atoms with Crippen molar-refractivity contribution in [3.05, 3.63) is 48.3 Å². The summed E-state index contributed by atoms with van der Waals surface area (Å²) in [6.07, 6.45) is 1.98. The number of Topliss-reactive ketones (excluding diaryl/α,β-unsaturated/α-hetero) is 1. The van der Waals surface area contributed by atoms with Crippen LogP contribution in [-0.2, 0) is 0 Å². The van der Waals surface area contributed by atoms with E-state index in [0.717, 1.165) is 0 Å². The van der Waals surface area contributed by atoms with Crippen molar-refractivity contribution in [3.8, 4) is 17.2 Å². The molecule has 98 valence electrons. The van der Waals surface area contributed by atoms with Crippen molar-refractivity contribution in [2.24, 2.45) is 0 Å². The molecule has 0 aliphatic rings. The van der Waals surface area contributed by atoms with Crippen molar-refractivity contribution in [1.82, 2.24) is 4.98 Å². The summed E-state index contributed by atoms with van der Waals surface area (Å²) in [6.45, 7) is 1.81. The molecule has 4 heteroatoms. The first-order chi connectivity index (χ1) is 9.24. The Balaban J connectivity index is 2.17. The lowest BCUT2D eigenvalue weighted by Crippen LogP contribution is -1.99. The molecule has 0 amide bonds. The number of ketones is 1. The third-order valence-corrected chi connectivity index (χ3v) is 2.64. The second-order valence-corrected chi connectivity index (χ2v) is 3.91. The minimum Gasteiger partial charge on any atom is -0.493 e. The number of benzene rings is 1. The van der Waals surface area contributed by atoms with Gasteiger partial charge in [-0.05, 0) is 24.3 Å². The van der Waals surface area contributed by atoms with E-state index >= 15 is 0 Å². The predicted octanol–water partition coefficient (Wildman–Crippen LogP) is 3.48. The van der Waals surface area contributed by atoms with E-state index in [2.05, 4.69) is 4.98 Å². The fourth-order valence-corrected chi connectivity index (χ4v) is 1.62. The van der Waals surface area contributed by atoms with Gasteiger partial charge < -0.3 is 9.47 Å². The number of carbonyl (C=O) groups is 1. The van der Waals surface area contributed by atoms with Gasteiger partial charge in [-0.3, -0.25) is 4.79 Å². The number of hydrogen-bond acceptors (Lipinski definition) is 4. The van der Waals surface area contributed by atoms with Crippen LogP contribution >= 0.6 is 0 Å². The van der Waals surface area contributed by atoms with E-state index < -0.39 is 0 Å². The van der Waals surface area contributed by atoms with Crippen molar-refractivity contribution in [3.63, 3.8) is 0 Å². The number of pyridine rings is 1. The number of ether oxygens (including phenoxy) is 2. The molecular formula is C15H15NO3. The Hall–Kier alpha value is -2.36. The summed E-state index contributed by atoms with van der Waals surface area (Å²) in [6, 6.07) is 10.7. The molecule has 0 atom stereocenters. The van der Waals surface area contributed by atoms with Crippen molar-refractivity contribution >= 4 is 5.78 Å². The van der Waals surface area contributed by atoms with Crippen molar-refractivity contribution in [1.29, 1.82) is 0 Å². The lowest BCUT2D eigenvalue weighted by molar-refractivity contribution is 0.0983. The van der Waals surface area contributed by atoms with Crippen LogP contribution in [0, 0.1) is 0 Å². The third kappa shape index (κ3) is 3.10. The van der Waals surface area contributed by atoms with Crippen LogP contribution in [-0.4, -0.2) is 17.9 Å². The second kappa shape index (κ2) is 6.00. The van der Waals surface area contributed by atoms with Gasteiger partial charge in [0.05, 0.1) is 13.3 Å². The zero-order chi connectivity index (χ0) is 13.7. The van der Waals surface area contributed by atoms with Gasteiger partial charge in [0.25, 0.3) is 0 Å². The van der Waals surface area contributed by atoms with E-state index in [1.54, 1.807) is 19.2 Å². The highest BCUT2D eigenvalue weighted by Crippen LogP contribution is 2.30. The molecule has 0 aliphatic heterocycles. The molecular weight excluding hydrogens is 242 g/mol. The van der Waals surface area contributed by atoms with E-state index in [4.69, 9.17) is 9.47 Å². The van der Waals surface area contributed by atoms with E-state index in [1.165, 1.54) is 6.20 Å². The molecule has 0 bridgehead atoms. The summed E-state index contributed by atoms with van der Waals surface area (Å²) in [4.78, 5) is 15.5. The summed E-state index contributed by atoms with van der Waals surface area (Å²) in [5.74, 6) is 1.85. The summed E-state index contributed by atoms with van der Waals surface area (Å²) in [7, 11) is 1.59. The minimum atomic E-state index is 0.0174. The molecule has 19 heavy (non-hydrogen) atoms. The molecule has 0 spiro atoms. The molecule has 1 aromatic heterocycles. The number of hydrogen-bond donors (Lipinski definition) is 0. The number of nitrogens with zero attached hydrogens (tertiary/aromatic N) is 1. The first kappa shape index (κ1) is 13.1. The average molecular weight is 257 g/mol. The molecule has 2 aromatic rings. The molecule has 1 aromatic carbocycles. The number of methoxy groups -OCH3 is 1. The van der Waals surface area contributed by atoms with Crippen LogP contribution in [0.2, 0.25) is 0 Å². The number of rotatable bonds is 5. The van der Waals surface area contributed by atoms with Crippen molar-refractivity contribution in [2.75, 3.05) is 7.11 Å².